The number of nitrogens with zero attached hydrogens (tertiary/aromatic N) is 5. The monoisotopic (exact) mass is 831 g/mol. The molecule has 59 heavy (non-hydrogen) atoms. The number of carbonyl (C=O) groups is 2. The third kappa shape index (κ3) is 15.5. The van der Waals surface area contributed by atoms with Crippen molar-refractivity contribution >= 4 is 45.9 Å². The third-order valence-electron chi connectivity index (χ3n) is 9.99. The maximum absolute atomic E-state index is 12.4. The first-order chi connectivity index (χ1) is 28.4. The number of nitro benzene ring substituents is 2. The van der Waals surface area contributed by atoms with Gasteiger partial charge in [-0.1, -0.05) is 46.0 Å². The van der Waals surface area contributed by atoms with Crippen molar-refractivity contribution in [1.29, 1.82) is 0 Å². The summed E-state index contributed by atoms with van der Waals surface area (Å²) >= 11 is 5.47. The van der Waals surface area contributed by atoms with Crippen LogP contribution < -0.4 is 20.1 Å². The number of aromatic nitrogens is 2. The number of halogens is 1. The van der Waals surface area contributed by atoms with Crippen LogP contribution in [0.25, 0.3) is 0 Å². The number of hydrogen-bond donors (Lipinski definition) is 2. The van der Waals surface area contributed by atoms with Crippen molar-refractivity contribution in [2.45, 2.75) is 71.6 Å². The lowest BCUT2D eigenvalue weighted by Crippen LogP contribution is -2.37. The molecular formula is C43H54ClN7O8. The van der Waals surface area contributed by atoms with Crippen molar-refractivity contribution in [3.8, 4) is 23.0 Å². The fourth-order valence-corrected chi connectivity index (χ4v) is 6.76. The second-order valence-corrected chi connectivity index (χ2v) is 15.1. The van der Waals surface area contributed by atoms with E-state index in [1.807, 2.05) is 0 Å². The summed E-state index contributed by atoms with van der Waals surface area (Å²) in [6, 6.07) is 15.7. The topological polar surface area (TPSA) is 192 Å². The highest BCUT2D eigenvalue weighted by atomic mass is 35.5. The van der Waals surface area contributed by atoms with E-state index >= 15 is 0 Å². The molecule has 4 aromatic rings. The fourth-order valence-electron chi connectivity index (χ4n) is 6.66. The highest BCUT2D eigenvalue weighted by molar-refractivity contribution is 6.27. The molecule has 1 saturated carbocycles. The summed E-state index contributed by atoms with van der Waals surface area (Å²) in [6.45, 7) is 6.97. The first-order valence-corrected chi connectivity index (χ1v) is 20.4. The van der Waals surface area contributed by atoms with Gasteiger partial charge >= 0.3 is 0 Å². The largest absolute Gasteiger partial charge is 0.457 e. The number of alkyl halides is 1. The van der Waals surface area contributed by atoms with Crippen LogP contribution in [0.3, 0.4) is 0 Å². The van der Waals surface area contributed by atoms with Gasteiger partial charge in [-0.05, 0) is 74.2 Å². The SMILES string of the molecule is CC1CCCCC1.CNc1ccc(Oc2ccnc(CC(=O)CCl)c2)cc1[N+](=O)[O-].CNc1ccc(Oc2ccnc(CC(=O)CN3CCC(C)CC3)c2)cc1[N+](=O)[O-]. The quantitative estimate of drug-likeness (QED) is 0.0655. The summed E-state index contributed by atoms with van der Waals surface area (Å²) in [7, 11) is 3.23. The minimum Gasteiger partial charge on any atom is -0.457 e. The van der Waals surface area contributed by atoms with Crippen LogP contribution in [-0.2, 0) is 22.4 Å². The first kappa shape index (κ1) is 46.0. The Morgan fingerprint density at radius 1 is 0.695 bits per heavy atom. The number of benzene rings is 2. The van der Waals surface area contributed by atoms with Gasteiger partial charge in [0.25, 0.3) is 11.4 Å². The van der Waals surface area contributed by atoms with Gasteiger partial charge in [0.2, 0.25) is 0 Å². The van der Waals surface area contributed by atoms with Crippen molar-refractivity contribution in [3.63, 3.8) is 0 Å². The average molecular weight is 832 g/mol. The molecule has 1 aliphatic heterocycles. The Hall–Kier alpha value is -5.67. The molecule has 0 bridgehead atoms. The molecule has 2 aromatic carbocycles. The molecule has 15 nitrogen and oxygen atoms in total. The number of rotatable bonds is 15. The summed E-state index contributed by atoms with van der Waals surface area (Å²) in [5, 5.41) is 27.8. The van der Waals surface area contributed by atoms with Crippen LogP contribution in [0.4, 0.5) is 22.7 Å². The smallest absolute Gasteiger partial charge is 0.296 e. The number of piperidine rings is 1. The Labute approximate surface area is 350 Å². The van der Waals surface area contributed by atoms with E-state index in [9.17, 15) is 29.8 Å². The second-order valence-electron chi connectivity index (χ2n) is 14.8. The predicted molar refractivity (Wildman–Crippen MR) is 229 cm³/mol. The minimum atomic E-state index is -0.490. The van der Waals surface area contributed by atoms with Gasteiger partial charge in [0.15, 0.2) is 11.6 Å². The number of Topliss-reactive ketones (excluding diaryl/α,β-unsaturated/α-hetero) is 2. The van der Waals surface area contributed by atoms with Gasteiger partial charge in [0.1, 0.15) is 34.4 Å². The van der Waals surface area contributed by atoms with E-state index in [0.29, 0.717) is 52.3 Å². The zero-order valence-corrected chi connectivity index (χ0v) is 34.9. The van der Waals surface area contributed by atoms with Crippen LogP contribution in [0.15, 0.2) is 73.1 Å². The molecule has 0 amide bonds. The van der Waals surface area contributed by atoms with E-state index in [-0.39, 0.29) is 41.7 Å². The zero-order chi connectivity index (χ0) is 42.7. The van der Waals surface area contributed by atoms with Crippen LogP contribution in [0.5, 0.6) is 23.0 Å². The highest BCUT2D eigenvalue weighted by Crippen LogP contribution is 2.33. The van der Waals surface area contributed by atoms with Gasteiger partial charge in [-0.2, -0.15) is 0 Å². The molecule has 2 fully saturated rings. The summed E-state index contributed by atoms with van der Waals surface area (Å²) in [5.41, 5.74) is 1.80. The molecule has 2 N–H and O–H groups in total. The molecule has 0 spiro atoms. The van der Waals surface area contributed by atoms with Gasteiger partial charge in [0, 0.05) is 38.6 Å². The number of carbonyl (C=O) groups excluding carboxylic acids is 2. The van der Waals surface area contributed by atoms with E-state index in [1.54, 1.807) is 68.8 Å². The molecule has 16 heteroatoms. The maximum atomic E-state index is 12.4. The van der Waals surface area contributed by atoms with Crippen molar-refractivity contribution < 1.29 is 28.9 Å². The van der Waals surface area contributed by atoms with Gasteiger partial charge in [0.05, 0.1) is 58.6 Å². The average Bonchev–Trinajstić information content (AvgIpc) is 3.22. The zero-order valence-electron chi connectivity index (χ0n) is 34.2. The molecule has 316 valence electrons. The molecule has 1 saturated heterocycles. The predicted octanol–water partition coefficient (Wildman–Crippen LogP) is 9.43. The number of hydrogen-bond acceptors (Lipinski definition) is 13. The molecule has 0 atom stereocenters. The number of anilines is 2. The lowest BCUT2D eigenvalue weighted by atomic mass is 9.91. The van der Waals surface area contributed by atoms with E-state index in [0.717, 1.165) is 37.8 Å². The van der Waals surface area contributed by atoms with E-state index in [4.69, 9.17) is 21.1 Å². The van der Waals surface area contributed by atoms with Crippen LogP contribution in [0.1, 0.15) is 70.2 Å². The van der Waals surface area contributed by atoms with Crippen molar-refractivity contribution in [2.75, 3.05) is 50.2 Å². The number of nitro groups is 2. The lowest BCUT2D eigenvalue weighted by Gasteiger charge is -2.29. The fraction of sp³-hybridized carbons (Fsp3) is 0.442. The Kier molecular flexibility index (Phi) is 18.5. The minimum absolute atomic E-state index is 0.0645. The summed E-state index contributed by atoms with van der Waals surface area (Å²) < 4.78 is 11.4. The highest BCUT2D eigenvalue weighted by Gasteiger charge is 2.19. The summed E-state index contributed by atoms with van der Waals surface area (Å²) in [5.74, 6) is 3.25. The van der Waals surface area contributed by atoms with Gasteiger partial charge in [-0.25, -0.2) is 0 Å². The first-order valence-electron chi connectivity index (χ1n) is 19.9. The van der Waals surface area contributed by atoms with Gasteiger partial charge in [-0.15, -0.1) is 11.6 Å². The van der Waals surface area contributed by atoms with Gasteiger partial charge in [-0.3, -0.25) is 44.7 Å². The van der Waals surface area contributed by atoms with Crippen LogP contribution >= 0.6 is 11.6 Å². The Morgan fingerprint density at radius 2 is 1.14 bits per heavy atom. The number of pyridine rings is 2. The standard InChI is InChI=1S/C21H26N4O4.C15H14ClN3O4.C7H14/c1-15-6-9-24(10-7-15)14-17(26)11-16-12-19(5-8-23-16)29-18-3-4-20(22-2)21(13-18)25(27)28;1-17-14-3-2-12(8-15(14)19(21)22)23-13-4-5-18-10(7-13)6-11(20)9-16;1-7-5-3-2-4-6-7/h3-5,8,12-13,15,22H,6-7,9-11,14H2,1-2H3;2-5,7-8,17H,6,9H2,1H3;7H,2-6H2,1H3. The second kappa shape index (κ2) is 23.7. The lowest BCUT2D eigenvalue weighted by molar-refractivity contribution is -0.384. The molecule has 2 aliphatic rings. The number of likely N-dealkylation sites (tertiary alicyclic amines) is 1. The summed E-state index contributed by atoms with van der Waals surface area (Å²) in [4.78, 5) is 55.6. The van der Waals surface area contributed by atoms with Crippen LogP contribution in [-0.4, -0.2) is 75.9 Å². The Bertz CT molecular complexity index is 2020. The molecule has 1 aliphatic carbocycles. The molecule has 0 radical (unpaired) electrons. The number of ether oxygens (including phenoxy) is 2. The van der Waals surface area contributed by atoms with Crippen LogP contribution in [0.2, 0.25) is 0 Å². The van der Waals surface area contributed by atoms with Crippen molar-refractivity contribution in [2.24, 2.45) is 11.8 Å². The molecule has 3 heterocycles. The van der Waals surface area contributed by atoms with Gasteiger partial charge < -0.3 is 20.1 Å². The Balaban J connectivity index is 0.000000227. The molecular weight excluding hydrogens is 778 g/mol. The van der Waals surface area contributed by atoms with Crippen molar-refractivity contribution in [3.05, 3.63) is 105 Å². The Morgan fingerprint density at radius 3 is 1.54 bits per heavy atom. The van der Waals surface area contributed by atoms with E-state index in [1.165, 1.54) is 50.4 Å². The summed E-state index contributed by atoms with van der Waals surface area (Å²) in [6.07, 6.45) is 13.1. The molecule has 2 aromatic heterocycles. The number of nitrogens with one attached hydrogen (secondary N) is 2. The molecule has 6 rings (SSSR count). The maximum Gasteiger partial charge on any atom is 0.296 e. The van der Waals surface area contributed by atoms with E-state index in [2.05, 4.69) is 39.3 Å². The van der Waals surface area contributed by atoms with E-state index < -0.39 is 9.85 Å². The third-order valence-corrected chi connectivity index (χ3v) is 10.3. The molecule has 0 unspecified atom stereocenters. The number of ketones is 2. The van der Waals surface area contributed by atoms with Crippen molar-refractivity contribution in [1.82, 2.24) is 14.9 Å². The van der Waals surface area contributed by atoms with Crippen LogP contribution in [0, 0.1) is 32.1 Å². The normalized spacial score (nSPS) is 14.4.